The van der Waals surface area contributed by atoms with E-state index in [1.807, 2.05) is 0 Å². The highest BCUT2D eigenvalue weighted by Crippen LogP contribution is 2.32. The Hall–Kier alpha value is -0.610. The van der Waals surface area contributed by atoms with E-state index in [1.165, 1.54) is 25.7 Å². The fourth-order valence-electron chi connectivity index (χ4n) is 3.49. The fourth-order valence-corrected chi connectivity index (χ4v) is 3.49. The van der Waals surface area contributed by atoms with Crippen LogP contribution < -0.4 is 10.6 Å². The number of hydrogen-bond donors (Lipinski definition) is 2. The van der Waals surface area contributed by atoms with Crippen LogP contribution in [-0.4, -0.2) is 49.1 Å². The standard InChI is InChI=1S/C16H31N3O/c1-12(2)19(3)8-4-7-17-16(20)11-13-9-14-5-6-15(10-13)18-14/h12-15,18H,4-11H2,1-3H3,(H,17,20). The van der Waals surface area contributed by atoms with Gasteiger partial charge in [0.1, 0.15) is 0 Å². The maximum absolute atomic E-state index is 12.0. The molecule has 2 aliphatic heterocycles. The number of piperidine rings is 1. The van der Waals surface area contributed by atoms with Gasteiger partial charge < -0.3 is 15.5 Å². The monoisotopic (exact) mass is 281 g/mol. The lowest BCUT2D eigenvalue weighted by Crippen LogP contribution is -2.40. The van der Waals surface area contributed by atoms with Crippen molar-refractivity contribution < 1.29 is 4.79 Å². The minimum atomic E-state index is 0.253. The zero-order valence-electron chi connectivity index (χ0n) is 13.3. The number of nitrogens with zero attached hydrogens (tertiary/aromatic N) is 1. The number of rotatable bonds is 7. The van der Waals surface area contributed by atoms with Crippen LogP contribution in [0.15, 0.2) is 0 Å². The summed E-state index contributed by atoms with van der Waals surface area (Å²) in [7, 11) is 2.14. The van der Waals surface area contributed by atoms with E-state index < -0.39 is 0 Å². The summed E-state index contributed by atoms with van der Waals surface area (Å²) in [6, 6.07) is 1.95. The molecule has 2 unspecified atom stereocenters. The molecule has 2 atom stereocenters. The second-order valence-corrected chi connectivity index (χ2v) is 6.96. The molecule has 0 spiro atoms. The second-order valence-electron chi connectivity index (χ2n) is 6.96. The molecule has 2 heterocycles. The van der Waals surface area contributed by atoms with Crippen LogP contribution in [0.1, 0.15) is 52.4 Å². The molecule has 0 radical (unpaired) electrons. The Labute approximate surface area is 123 Å². The van der Waals surface area contributed by atoms with Gasteiger partial charge in [0.05, 0.1) is 0 Å². The smallest absolute Gasteiger partial charge is 0.220 e. The van der Waals surface area contributed by atoms with Crippen molar-refractivity contribution in [1.82, 2.24) is 15.5 Å². The highest BCUT2D eigenvalue weighted by Gasteiger charge is 2.33. The third-order valence-electron chi connectivity index (χ3n) is 4.94. The lowest BCUT2D eigenvalue weighted by molar-refractivity contribution is -0.122. The SMILES string of the molecule is CC(C)N(C)CCCNC(=O)CC1CC2CCC(C1)N2. The Morgan fingerprint density at radius 1 is 1.30 bits per heavy atom. The summed E-state index contributed by atoms with van der Waals surface area (Å²) in [6.07, 6.45) is 6.78. The van der Waals surface area contributed by atoms with E-state index in [-0.39, 0.29) is 5.91 Å². The van der Waals surface area contributed by atoms with Crippen molar-refractivity contribution in [2.24, 2.45) is 5.92 Å². The molecule has 2 rings (SSSR count). The zero-order chi connectivity index (χ0) is 14.5. The summed E-state index contributed by atoms with van der Waals surface area (Å²) in [5.74, 6) is 0.857. The molecular weight excluding hydrogens is 250 g/mol. The third kappa shape index (κ3) is 4.74. The Morgan fingerprint density at radius 2 is 1.95 bits per heavy atom. The van der Waals surface area contributed by atoms with Crippen molar-refractivity contribution >= 4 is 5.91 Å². The molecule has 20 heavy (non-hydrogen) atoms. The third-order valence-corrected chi connectivity index (χ3v) is 4.94. The van der Waals surface area contributed by atoms with Gasteiger partial charge in [0.15, 0.2) is 0 Å². The average Bonchev–Trinajstić information content (AvgIpc) is 2.73. The molecule has 4 heteroatoms. The molecule has 0 aromatic carbocycles. The molecule has 0 aliphatic carbocycles. The van der Waals surface area contributed by atoms with E-state index in [0.29, 0.717) is 24.0 Å². The van der Waals surface area contributed by atoms with Crippen LogP contribution in [0.4, 0.5) is 0 Å². The van der Waals surface area contributed by atoms with Crippen LogP contribution in [0.5, 0.6) is 0 Å². The van der Waals surface area contributed by atoms with Crippen LogP contribution in [0, 0.1) is 5.92 Å². The Bertz CT molecular complexity index is 307. The largest absolute Gasteiger partial charge is 0.356 e. The topological polar surface area (TPSA) is 44.4 Å². The molecule has 116 valence electrons. The molecular formula is C16H31N3O. The Morgan fingerprint density at radius 3 is 2.55 bits per heavy atom. The number of amides is 1. The predicted octanol–water partition coefficient (Wildman–Crippen LogP) is 1.75. The van der Waals surface area contributed by atoms with Gasteiger partial charge in [0, 0.05) is 31.1 Å². The molecule has 0 aromatic heterocycles. The summed E-state index contributed by atoms with van der Waals surface area (Å²) < 4.78 is 0. The van der Waals surface area contributed by atoms with E-state index in [0.717, 1.165) is 25.9 Å². The lowest BCUT2D eigenvalue weighted by atomic mass is 9.89. The van der Waals surface area contributed by atoms with Crippen molar-refractivity contribution in [2.45, 2.75) is 70.5 Å². The highest BCUT2D eigenvalue weighted by molar-refractivity contribution is 5.76. The van der Waals surface area contributed by atoms with Crippen LogP contribution in [-0.2, 0) is 4.79 Å². The van der Waals surface area contributed by atoms with Crippen LogP contribution >= 0.6 is 0 Å². The highest BCUT2D eigenvalue weighted by atomic mass is 16.1. The summed E-state index contributed by atoms with van der Waals surface area (Å²) in [5.41, 5.74) is 0. The Balaban J connectivity index is 1.56. The van der Waals surface area contributed by atoms with E-state index in [9.17, 15) is 4.79 Å². The first-order valence-corrected chi connectivity index (χ1v) is 8.27. The summed E-state index contributed by atoms with van der Waals surface area (Å²) in [6.45, 7) is 6.26. The molecule has 2 aliphatic rings. The molecule has 0 saturated carbocycles. The summed E-state index contributed by atoms with van der Waals surface area (Å²) in [5, 5.41) is 6.72. The molecule has 2 N–H and O–H groups in total. The first-order chi connectivity index (χ1) is 9.54. The fraction of sp³-hybridized carbons (Fsp3) is 0.938. The summed E-state index contributed by atoms with van der Waals surface area (Å²) >= 11 is 0. The quantitative estimate of drug-likeness (QED) is 0.699. The molecule has 1 amide bonds. The molecule has 2 saturated heterocycles. The van der Waals surface area contributed by atoms with Gasteiger partial charge in [-0.05, 0) is 65.5 Å². The minimum Gasteiger partial charge on any atom is -0.356 e. The number of hydrogen-bond acceptors (Lipinski definition) is 3. The van der Waals surface area contributed by atoms with E-state index in [2.05, 4.69) is 36.4 Å². The Kier molecular flexibility index (Phi) is 5.85. The predicted molar refractivity (Wildman–Crippen MR) is 82.7 cm³/mol. The van der Waals surface area contributed by atoms with Crippen molar-refractivity contribution in [1.29, 1.82) is 0 Å². The van der Waals surface area contributed by atoms with Gasteiger partial charge in [-0.2, -0.15) is 0 Å². The number of carbonyl (C=O) groups excluding carboxylic acids is 1. The lowest BCUT2D eigenvalue weighted by Gasteiger charge is -2.28. The van der Waals surface area contributed by atoms with Crippen LogP contribution in [0.25, 0.3) is 0 Å². The van der Waals surface area contributed by atoms with Crippen molar-refractivity contribution in [2.75, 3.05) is 20.1 Å². The van der Waals surface area contributed by atoms with Gasteiger partial charge in [-0.3, -0.25) is 4.79 Å². The van der Waals surface area contributed by atoms with E-state index in [1.54, 1.807) is 0 Å². The van der Waals surface area contributed by atoms with Crippen molar-refractivity contribution in [3.8, 4) is 0 Å². The van der Waals surface area contributed by atoms with Gasteiger partial charge in [0.25, 0.3) is 0 Å². The molecule has 2 bridgehead atoms. The molecule has 2 fully saturated rings. The summed E-state index contributed by atoms with van der Waals surface area (Å²) in [4.78, 5) is 14.3. The van der Waals surface area contributed by atoms with Crippen LogP contribution in [0.2, 0.25) is 0 Å². The molecule has 0 aromatic rings. The van der Waals surface area contributed by atoms with E-state index >= 15 is 0 Å². The van der Waals surface area contributed by atoms with Crippen molar-refractivity contribution in [3.63, 3.8) is 0 Å². The molecule has 4 nitrogen and oxygen atoms in total. The number of nitrogens with one attached hydrogen (secondary N) is 2. The maximum Gasteiger partial charge on any atom is 0.220 e. The minimum absolute atomic E-state index is 0.253. The average molecular weight is 281 g/mol. The first-order valence-electron chi connectivity index (χ1n) is 8.27. The number of carbonyl (C=O) groups is 1. The van der Waals surface area contributed by atoms with Gasteiger partial charge in [0.2, 0.25) is 5.91 Å². The number of fused-ring (bicyclic) bond motifs is 2. The van der Waals surface area contributed by atoms with Gasteiger partial charge in [-0.25, -0.2) is 0 Å². The van der Waals surface area contributed by atoms with Crippen molar-refractivity contribution in [3.05, 3.63) is 0 Å². The first kappa shape index (κ1) is 15.8. The second kappa shape index (κ2) is 7.41. The zero-order valence-corrected chi connectivity index (χ0v) is 13.3. The van der Waals surface area contributed by atoms with Crippen LogP contribution in [0.3, 0.4) is 0 Å². The maximum atomic E-state index is 12.0. The van der Waals surface area contributed by atoms with Gasteiger partial charge in [-0.1, -0.05) is 0 Å². The van der Waals surface area contributed by atoms with Gasteiger partial charge in [-0.15, -0.1) is 0 Å². The van der Waals surface area contributed by atoms with E-state index in [4.69, 9.17) is 0 Å². The normalized spacial score (nSPS) is 29.1. The van der Waals surface area contributed by atoms with Gasteiger partial charge >= 0.3 is 0 Å².